The Morgan fingerprint density at radius 3 is 2.79 bits per heavy atom. The molecule has 9 heteroatoms. The maximum absolute atomic E-state index is 11.7. The van der Waals surface area contributed by atoms with E-state index in [1.807, 2.05) is 0 Å². The highest BCUT2D eigenvalue weighted by Gasteiger charge is 2.28. The first kappa shape index (κ1) is 19.4. The van der Waals surface area contributed by atoms with Crippen LogP contribution in [-0.4, -0.2) is 50.4 Å². The van der Waals surface area contributed by atoms with Crippen molar-refractivity contribution in [3.8, 4) is 0 Å². The lowest BCUT2D eigenvalue weighted by molar-refractivity contribution is -0.124. The highest BCUT2D eigenvalue weighted by Crippen LogP contribution is 2.33. The quantitative estimate of drug-likeness (QED) is 0.403. The topological polar surface area (TPSA) is 80.1 Å². The number of urea groups is 1. The summed E-state index contributed by atoms with van der Waals surface area (Å²) in [5.41, 5.74) is 0. The van der Waals surface area contributed by atoms with Crippen molar-refractivity contribution < 1.29 is 9.59 Å². The van der Waals surface area contributed by atoms with Gasteiger partial charge in [-0.3, -0.25) is 9.69 Å². The Bertz CT molecular complexity index is 798. The molecule has 0 spiro atoms. The second-order valence-electron chi connectivity index (χ2n) is 7.22. The first-order chi connectivity index (χ1) is 13.7. The molecule has 0 bridgehead atoms. The van der Waals surface area contributed by atoms with Crippen molar-refractivity contribution in [2.75, 3.05) is 18.8 Å². The van der Waals surface area contributed by atoms with Crippen molar-refractivity contribution in [3.05, 3.63) is 28.2 Å². The summed E-state index contributed by atoms with van der Waals surface area (Å²) in [6, 6.07) is 4.42. The molecule has 1 N–H and O–H groups in total. The minimum Gasteiger partial charge on any atom is -0.329 e. The summed E-state index contributed by atoms with van der Waals surface area (Å²) in [6.45, 7) is 0.575. The maximum Gasteiger partial charge on any atom is 0.324 e. The number of nitrogens with zero attached hydrogens (tertiary/aromatic N) is 4. The lowest BCUT2D eigenvalue weighted by Gasteiger charge is -2.25. The molecule has 0 atom stereocenters. The largest absolute Gasteiger partial charge is 0.329 e. The molecule has 3 heterocycles. The number of hydrogen-bond donors (Lipinski definition) is 1. The molecule has 1 aliphatic carbocycles. The van der Waals surface area contributed by atoms with Crippen LogP contribution in [0.5, 0.6) is 0 Å². The predicted octanol–water partition coefficient (Wildman–Crippen LogP) is 3.47. The molecule has 2 aliphatic rings. The second kappa shape index (κ2) is 9.09. The molecule has 0 radical (unpaired) electrons. The van der Waals surface area contributed by atoms with E-state index in [9.17, 15) is 9.59 Å². The van der Waals surface area contributed by atoms with Gasteiger partial charge in [0.15, 0.2) is 5.16 Å². The summed E-state index contributed by atoms with van der Waals surface area (Å²) in [6.07, 6.45) is 7.78. The average molecular weight is 420 g/mol. The molecule has 1 aliphatic heterocycles. The molecule has 0 unspecified atom stereocenters. The van der Waals surface area contributed by atoms with Gasteiger partial charge in [0.1, 0.15) is 5.82 Å². The van der Waals surface area contributed by atoms with Gasteiger partial charge in [0.05, 0.1) is 6.54 Å². The number of imide groups is 1. The number of thiophene rings is 1. The fraction of sp³-hybridized carbons (Fsp3) is 0.579. The molecule has 7 nitrogen and oxygen atoms in total. The lowest BCUT2D eigenvalue weighted by Crippen LogP contribution is -2.32. The van der Waals surface area contributed by atoms with Gasteiger partial charge in [0.2, 0.25) is 5.91 Å². The highest BCUT2D eigenvalue weighted by atomic mass is 32.2. The molecule has 2 aromatic rings. The van der Waals surface area contributed by atoms with E-state index in [1.165, 1.54) is 41.9 Å². The minimum atomic E-state index is -0.279. The highest BCUT2D eigenvalue weighted by molar-refractivity contribution is 7.99. The zero-order chi connectivity index (χ0) is 19.3. The second-order valence-corrected chi connectivity index (χ2v) is 9.32. The monoisotopic (exact) mass is 419 g/mol. The molecular weight excluding hydrogens is 394 g/mol. The van der Waals surface area contributed by atoms with Crippen LogP contribution in [0, 0.1) is 0 Å². The molecule has 2 fully saturated rings. The molecule has 28 heavy (non-hydrogen) atoms. The van der Waals surface area contributed by atoms with E-state index in [0.29, 0.717) is 12.6 Å². The molecule has 1 saturated carbocycles. The third-order valence-electron chi connectivity index (χ3n) is 5.28. The van der Waals surface area contributed by atoms with E-state index in [0.717, 1.165) is 29.6 Å². The number of amides is 3. The summed E-state index contributed by atoms with van der Waals surface area (Å²) in [7, 11) is 0. The van der Waals surface area contributed by atoms with Crippen molar-refractivity contribution in [3.63, 3.8) is 0 Å². The number of thioether (sulfide) groups is 1. The number of carbonyl (C=O) groups excluding carboxylic acids is 2. The van der Waals surface area contributed by atoms with Crippen molar-refractivity contribution in [2.24, 2.45) is 0 Å². The van der Waals surface area contributed by atoms with E-state index >= 15 is 0 Å². The van der Waals surface area contributed by atoms with Gasteiger partial charge in [-0.15, -0.1) is 21.5 Å². The first-order valence-electron chi connectivity index (χ1n) is 9.89. The van der Waals surface area contributed by atoms with Gasteiger partial charge in [0, 0.05) is 29.6 Å². The van der Waals surface area contributed by atoms with E-state index in [-0.39, 0.29) is 18.5 Å². The van der Waals surface area contributed by atoms with Crippen molar-refractivity contribution in [1.82, 2.24) is 25.0 Å². The van der Waals surface area contributed by atoms with Crippen LogP contribution < -0.4 is 5.32 Å². The third-order valence-corrected chi connectivity index (χ3v) is 7.19. The number of carbonyl (C=O) groups is 2. The Balaban J connectivity index is 1.41. The standard InChI is InChI=1S/C19H25N5O2S2/c25-17-13-20-18(26)23(17)9-5-11-28-19-22-21-16(12-15-8-4-10-27-15)24(19)14-6-2-1-3-7-14/h4,8,10,14H,1-3,5-7,9,11-13H2,(H,20,26). The third kappa shape index (κ3) is 4.41. The minimum absolute atomic E-state index is 0.119. The fourth-order valence-corrected chi connectivity index (χ4v) is 5.52. The molecule has 150 valence electrons. The van der Waals surface area contributed by atoms with Crippen molar-refractivity contribution in [1.29, 1.82) is 0 Å². The SMILES string of the molecule is O=C1CNC(=O)N1CCCSc1nnc(Cc2cccs2)n1C1CCCCC1. The Kier molecular flexibility index (Phi) is 6.31. The van der Waals surface area contributed by atoms with Crippen LogP contribution in [-0.2, 0) is 11.2 Å². The number of aromatic nitrogens is 3. The van der Waals surface area contributed by atoms with Crippen molar-refractivity contribution in [2.45, 2.75) is 56.1 Å². The Morgan fingerprint density at radius 1 is 1.21 bits per heavy atom. The lowest BCUT2D eigenvalue weighted by atomic mass is 9.95. The first-order valence-corrected chi connectivity index (χ1v) is 11.8. The average Bonchev–Trinajstić information content (AvgIpc) is 3.43. The van der Waals surface area contributed by atoms with Crippen LogP contribution in [0.4, 0.5) is 4.79 Å². The summed E-state index contributed by atoms with van der Waals surface area (Å²) < 4.78 is 2.36. The van der Waals surface area contributed by atoms with Gasteiger partial charge in [-0.25, -0.2) is 4.79 Å². The summed E-state index contributed by atoms with van der Waals surface area (Å²) in [4.78, 5) is 25.9. The van der Waals surface area contributed by atoms with E-state index in [1.54, 1.807) is 23.1 Å². The smallest absolute Gasteiger partial charge is 0.324 e. The van der Waals surface area contributed by atoms with Gasteiger partial charge in [0.25, 0.3) is 0 Å². The van der Waals surface area contributed by atoms with Gasteiger partial charge in [-0.1, -0.05) is 37.1 Å². The van der Waals surface area contributed by atoms with Gasteiger partial charge < -0.3 is 9.88 Å². The maximum atomic E-state index is 11.7. The van der Waals surface area contributed by atoms with Crippen LogP contribution in [0.25, 0.3) is 0 Å². The van der Waals surface area contributed by atoms with Gasteiger partial charge in [-0.05, 0) is 30.7 Å². The van der Waals surface area contributed by atoms with Gasteiger partial charge in [-0.2, -0.15) is 0 Å². The van der Waals surface area contributed by atoms with E-state index in [4.69, 9.17) is 0 Å². The fourth-order valence-electron chi connectivity index (χ4n) is 3.87. The van der Waals surface area contributed by atoms with Crippen LogP contribution >= 0.6 is 23.1 Å². The van der Waals surface area contributed by atoms with Crippen LogP contribution in [0.2, 0.25) is 0 Å². The predicted molar refractivity (Wildman–Crippen MR) is 110 cm³/mol. The summed E-state index contributed by atoms with van der Waals surface area (Å²) in [5, 5.41) is 14.6. The molecule has 4 rings (SSSR count). The Morgan fingerprint density at radius 2 is 2.07 bits per heavy atom. The Labute approximate surface area is 172 Å². The zero-order valence-corrected chi connectivity index (χ0v) is 17.4. The number of nitrogens with one attached hydrogen (secondary N) is 1. The molecule has 2 aromatic heterocycles. The molecular formula is C19H25N5O2S2. The normalized spacial score (nSPS) is 18.1. The molecule has 3 amide bonds. The summed E-state index contributed by atoms with van der Waals surface area (Å²) >= 11 is 3.44. The molecule has 1 saturated heterocycles. The molecule has 0 aromatic carbocycles. The van der Waals surface area contributed by atoms with Crippen molar-refractivity contribution >= 4 is 35.0 Å². The number of hydrogen-bond acceptors (Lipinski definition) is 6. The van der Waals surface area contributed by atoms with Crippen LogP contribution in [0.3, 0.4) is 0 Å². The zero-order valence-electron chi connectivity index (χ0n) is 15.8. The van der Waals surface area contributed by atoms with E-state index in [2.05, 4.69) is 37.6 Å². The summed E-state index contributed by atoms with van der Waals surface area (Å²) in [5.74, 6) is 1.71. The van der Waals surface area contributed by atoms with E-state index < -0.39 is 0 Å². The van der Waals surface area contributed by atoms with Crippen LogP contribution in [0.1, 0.15) is 55.3 Å². The van der Waals surface area contributed by atoms with Gasteiger partial charge >= 0.3 is 6.03 Å². The van der Waals surface area contributed by atoms with Crippen LogP contribution in [0.15, 0.2) is 22.7 Å². The number of rotatable bonds is 8. The Hall–Kier alpha value is -1.87.